The van der Waals surface area contributed by atoms with Crippen LogP contribution in [0.2, 0.25) is 0 Å². The van der Waals surface area contributed by atoms with Crippen LogP contribution in [0.3, 0.4) is 0 Å². The van der Waals surface area contributed by atoms with E-state index in [1.807, 2.05) is 0 Å². The Hall–Kier alpha value is -2.34. The molecule has 0 heterocycles. The molecule has 0 heteroatoms. The van der Waals surface area contributed by atoms with Gasteiger partial charge in [-0.25, -0.2) is 0 Å². The van der Waals surface area contributed by atoms with Crippen LogP contribution in [0.1, 0.15) is 24.0 Å². The molecule has 0 aromatic heterocycles. The lowest BCUT2D eigenvalue weighted by molar-refractivity contribution is 0.759. The Bertz CT molecular complexity index is 666. The number of hydrogen-bond acceptors (Lipinski definition) is 0. The van der Waals surface area contributed by atoms with E-state index < -0.39 is 0 Å². The van der Waals surface area contributed by atoms with Gasteiger partial charge in [0.15, 0.2) is 0 Å². The average Bonchev–Trinajstić information content (AvgIpc) is 2.57. The van der Waals surface area contributed by atoms with Gasteiger partial charge in [-0.1, -0.05) is 91.9 Å². The minimum absolute atomic E-state index is 0.550. The molecule has 0 saturated heterocycles. The lowest BCUT2D eigenvalue weighted by atomic mass is 9.93. The lowest BCUT2D eigenvalue weighted by Crippen LogP contribution is -1.98. The molecule has 21 heavy (non-hydrogen) atoms. The number of benzene rings is 3. The van der Waals surface area contributed by atoms with E-state index in [4.69, 9.17) is 0 Å². The molecule has 0 aliphatic heterocycles. The quantitative estimate of drug-likeness (QED) is 0.571. The summed E-state index contributed by atoms with van der Waals surface area (Å²) in [5.74, 6) is 0.550. The van der Waals surface area contributed by atoms with Crippen LogP contribution in [-0.4, -0.2) is 0 Å². The van der Waals surface area contributed by atoms with Crippen LogP contribution in [0, 0.1) is 0 Å². The summed E-state index contributed by atoms with van der Waals surface area (Å²) in [5.41, 5.74) is 5.36. The van der Waals surface area contributed by atoms with Crippen molar-refractivity contribution in [2.24, 2.45) is 0 Å². The first-order valence-electron chi connectivity index (χ1n) is 7.52. The minimum atomic E-state index is 0.550. The van der Waals surface area contributed by atoms with E-state index in [0.717, 1.165) is 6.42 Å². The highest BCUT2D eigenvalue weighted by Crippen LogP contribution is 2.23. The van der Waals surface area contributed by atoms with E-state index in [1.165, 1.54) is 22.3 Å². The second-order valence-corrected chi connectivity index (χ2v) is 5.58. The molecular weight excluding hydrogens is 252 g/mol. The molecule has 0 aliphatic carbocycles. The first-order valence-corrected chi connectivity index (χ1v) is 7.52. The molecular formula is C21H20. The van der Waals surface area contributed by atoms with Gasteiger partial charge in [-0.3, -0.25) is 0 Å². The van der Waals surface area contributed by atoms with Crippen molar-refractivity contribution in [1.82, 2.24) is 0 Å². The highest BCUT2D eigenvalue weighted by Gasteiger charge is 2.06. The summed E-state index contributed by atoms with van der Waals surface area (Å²) in [7, 11) is 0. The molecule has 3 rings (SSSR count). The summed E-state index contributed by atoms with van der Waals surface area (Å²) in [6.07, 6.45) is 1.08. The Kier molecular flexibility index (Phi) is 4.16. The topological polar surface area (TPSA) is 0 Å². The Balaban J connectivity index is 1.73. The van der Waals surface area contributed by atoms with Gasteiger partial charge in [0.1, 0.15) is 0 Å². The van der Waals surface area contributed by atoms with Crippen LogP contribution in [0.25, 0.3) is 11.1 Å². The Morgan fingerprint density at radius 1 is 0.619 bits per heavy atom. The molecule has 0 spiro atoms. The largest absolute Gasteiger partial charge is 0.0622 e. The SMILES string of the molecule is CC(Cc1ccc(-c2ccccc2)cc1)c1ccccc1. The molecule has 3 aromatic rings. The predicted molar refractivity (Wildman–Crippen MR) is 90.4 cm³/mol. The molecule has 0 aliphatic rings. The van der Waals surface area contributed by atoms with E-state index in [9.17, 15) is 0 Å². The zero-order valence-corrected chi connectivity index (χ0v) is 12.4. The van der Waals surface area contributed by atoms with Gasteiger partial charge in [-0.15, -0.1) is 0 Å². The molecule has 1 atom stereocenters. The molecule has 3 aromatic carbocycles. The lowest BCUT2D eigenvalue weighted by Gasteiger charge is -2.12. The summed E-state index contributed by atoms with van der Waals surface area (Å²) < 4.78 is 0. The summed E-state index contributed by atoms with van der Waals surface area (Å²) >= 11 is 0. The van der Waals surface area contributed by atoms with Crippen molar-refractivity contribution in [2.75, 3.05) is 0 Å². The smallest absolute Gasteiger partial charge is 0.0150 e. The van der Waals surface area contributed by atoms with Crippen molar-refractivity contribution < 1.29 is 0 Å². The second-order valence-electron chi connectivity index (χ2n) is 5.58. The third-order valence-electron chi connectivity index (χ3n) is 3.97. The van der Waals surface area contributed by atoms with Gasteiger partial charge in [0.2, 0.25) is 0 Å². The van der Waals surface area contributed by atoms with Gasteiger partial charge >= 0.3 is 0 Å². The third kappa shape index (κ3) is 3.41. The van der Waals surface area contributed by atoms with Gasteiger partial charge in [-0.05, 0) is 34.6 Å². The fraction of sp³-hybridized carbons (Fsp3) is 0.143. The second kappa shape index (κ2) is 6.41. The average molecular weight is 272 g/mol. The van der Waals surface area contributed by atoms with Crippen LogP contribution < -0.4 is 0 Å². The summed E-state index contributed by atoms with van der Waals surface area (Å²) in [6.45, 7) is 2.29. The van der Waals surface area contributed by atoms with E-state index in [2.05, 4.69) is 91.9 Å². The highest BCUT2D eigenvalue weighted by atomic mass is 14.1. The van der Waals surface area contributed by atoms with Crippen LogP contribution in [-0.2, 0) is 6.42 Å². The maximum absolute atomic E-state index is 2.29. The molecule has 0 amide bonds. The molecule has 0 radical (unpaired) electrons. The van der Waals surface area contributed by atoms with Crippen LogP contribution in [0.5, 0.6) is 0 Å². The van der Waals surface area contributed by atoms with Gasteiger partial charge in [0, 0.05) is 0 Å². The van der Waals surface area contributed by atoms with Crippen LogP contribution in [0.4, 0.5) is 0 Å². The zero-order chi connectivity index (χ0) is 14.5. The zero-order valence-electron chi connectivity index (χ0n) is 12.4. The van der Waals surface area contributed by atoms with Crippen molar-refractivity contribution in [1.29, 1.82) is 0 Å². The van der Waals surface area contributed by atoms with Crippen molar-refractivity contribution in [3.05, 3.63) is 96.1 Å². The normalized spacial score (nSPS) is 12.0. The van der Waals surface area contributed by atoms with Crippen molar-refractivity contribution in [3.63, 3.8) is 0 Å². The van der Waals surface area contributed by atoms with E-state index in [1.54, 1.807) is 0 Å². The van der Waals surface area contributed by atoms with Gasteiger partial charge in [0.05, 0.1) is 0 Å². The fourth-order valence-corrected chi connectivity index (χ4v) is 2.72. The minimum Gasteiger partial charge on any atom is -0.0622 e. The first kappa shape index (κ1) is 13.6. The molecule has 0 nitrogen and oxygen atoms in total. The maximum atomic E-state index is 2.29. The number of rotatable bonds is 4. The third-order valence-corrected chi connectivity index (χ3v) is 3.97. The van der Waals surface area contributed by atoms with E-state index >= 15 is 0 Å². The molecule has 0 N–H and O–H groups in total. The predicted octanol–water partition coefficient (Wildman–Crippen LogP) is 5.70. The standard InChI is InChI=1S/C21H20/c1-17(19-8-4-2-5-9-19)16-18-12-14-21(15-13-18)20-10-6-3-7-11-20/h2-15,17H,16H2,1H3. The number of hydrogen-bond donors (Lipinski definition) is 0. The van der Waals surface area contributed by atoms with Crippen LogP contribution >= 0.6 is 0 Å². The highest BCUT2D eigenvalue weighted by molar-refractivity contribution is 5.63. The molecule has 0 fully saturated rings. The maximum Gasteiger partial charge on any atom is -0.0150 e. The first-order chi connectivity index (χ1) is 10.3. The van der Waals surface area contributed by atoms with Crippen molar-refractivity contribution >= 4 is 0 Å². The summed E-state index contributed by atoms with van der Waals surface area (Å²) in [6, 6.07) is 30.2. The van der Waals surface area contributed by atoms with Gasteiger partial charge in [0.25, 0.3) is 0 Å². The van der Waals surface area contributed by atoms with Gasteiger partial charge in [-0.2, -0.15) is 0 Å². The Labute approximate surface area is 127 Å². The fourth-order valence-electron chi connectivity index (χ4n) is 2.72. The monoisotopic (exact) mass is 272 g/mol. The Morgan fingerprint density at radius 3 is 1.76 bits per heavy atom. The van der Waals surface area contributed by atoms with E-state index in [-0.39, 0.29) is 0 Å². The van der Waals surface area contributed by atoms with Crippen LogP contribution in [0.15, 0.2) is 84.9 Å². The molecule has 104 valence electrons. The van der Waals surface area contributed by atoms with E-state index in [0.29, 0.717) is 5.92 Å². The van der Waals surface area contributed by atoms with Gasteiger partial charge < -0.3 is 0 Å². The van der Waals surface area contributed by atoms with Crippen molar-refractivity contribution in [3.8, 4) is 11.1 Å². The summed E-state index contributed by atoms with van der Waals surface area (Å²) in [4.78, 5) is 0. The summed E-state index contributed by atoms with van der Waals surface area (Å²) in [5, 5.41) is 0. The Morgan fingerprint density at radius 2 is 1.14 bits per heavy atom. The molecule has 0 bridgehead atoms. The molecule has 0 saturated carbocycles. The van der Waals surface area contributed by atoms with Crippen molar-refractivity contribution in [2.45, 2.75) is 19.3 Å². The molecule has 1 unspecified atom stereocenters.